The molecule has 5 nitrogen and oxygen atoms in total. The number of carbonyl (C=O) groups excluding carboxylic acids is 1. The minimum atomic E-state index is -3.88. The Balaban J connectivity index is 1.54. The fourth-order valence-electron chi connectivity index (χ4n) is 3.71. The summed E-state index contributed by atoms with van der Waals surface area (Å²) in [6, 6.07) is 34.1. The van der Waals surface area contributed by atoms with Gasteiger partial charge in [0.05, 0.1) is 4.90 Å². The van der Waals surface area contributed by atoms with Crippen LogP contribution < -0.4 is 10.0 Å². The van der Waals surface area contributed by atoms with Crippen molar-refractivity contribution in [2.24, 2.45) is 0 Å². The Morgan fingerprint density at radius 2 is 1.24 bits per heavy atom. The van der Waals surface area contributed by atoms with Crippen LogP contribution in [0.2, 0.25) is 0 Å². The number of hydrogen-bond acceptors (Lipinski definition) is 3. The predicted molar refractivity (Wildman–Crippen MR) is 135 cm³/mol. The smallest absolute Gasteiger partial charge is 0.242 e. The summed E-state index contributed by atoms with van der Waals surface area (Å²) in [5, 5.41) is 2.90. The molecule has 1 amide bonds. The number of carbonyl (C=O) groups is 1. The van der Waals surface area contributed by atoms with E-state index in [0.717, 1.165) is 17.5 Å². The SMILES string of the molecule is O=C(Nc1cccc(Cc2ccccc2)c1)[C@H](Cc1ccccc1)NS(=O)(=O)c1ccccc1. The van der Waals surface area contributed by atoms with Crippen molar-refractivity contribution >= 4 is 21.6 Å². The van der Waals surface area contributed by atoms with Crippen molar-refractivity contribution in [3.8, 4) is 0 Å². The number of benzene rings is 4. The highest BCUT2D eigenvalue weighted by molar-refractivity contribution is 7.89. The summed E-state index contributed by atoms with van der Waals surface area (Å²) in [6.45, 7) is 0. The monoisotopic (exact) mass is 470 g/mol. The molecule has 0 aromatic heterocycles. The molecule has 0 fully saturated rings. The molecular formula is C28H26N2O3S. The minimum absolute atomic E-state index is 0.116. The van der Waals surface area contributed by atoms with E-state index in [4.69, 9.17) is 0 Å². The first kappa shape index (κ1) is 23.4. The Kier molecular flexibility index (Phi) is 7.52. The molecule has 34 heavy (non-hydrogen) atoms. The molecule has 4 rings (SSSR count). The van der Waals surface area contributed by atoms with Crippen LogP contribution in [0.25, 0.3) is 0 Å². The van der Waals surface area contributed by atoms with Gasteiger partial charge in [-0.25, -0.2) is 8.42 Å². The molecular weight excluding hydrogens is 444 g/mol. The molecule has 4 aromatic carbocycles. The van der Waals surface area contributed by atoms with Gasteiger partial charge in [-0.3, -0.25) is 4.79 Å². The molecule has 2 N–H and O–H groups in total. The molecule has 0 spiro atoms. The average molecular weight is 471 g/mol. The van der Waals surface area contributed by atoms with Crippen LogP contribution in [0.1, 0.15) is 16.7 Å². The van der Waals surface area contributed by atoms with E-state index >= 15 is 0 Å². The highest BCUT2D eigenvalue weighted by atomic mass is 32.2. The van der Waals surface area contributed by atoms with E-state index in [-0.39, 0.29) is 11.3 Å². The van der Waals surface area contributed by atoms with Gasteiger partial charge in [-0.05, 0) is 53.8 Å². The summed E-state index contributed by atoms with van der Waals surface area (Å²) in [6.07, 6.45) is 0.959. The van der Waals surface area contributed by atoms with Crippen molar-refractivity contribution in [3.05, 3.63) is 132 Å². The van der Waals surface area contributed by atoms with Crippen LogP contribution in [-0.2, 0) is 27.7 Å². The average Bonchev–Trinajstić information content (AvgIpc) is 2.85. The van der Waals surface area contributed by atoms with Crippen molar-refractivity contribution in [1.82, 2.24) is 4.72 Å². The normalized spacial score (nSPS) is 12.1. The van der Waals surface area contributed by atoms with Gasteiger partial charge in [0.1, 0.15) is 6.04 Å². The molecule has 6 heteroatoms. The van der Waals surface area contributed by atoms with Crippen LogP contribution in [0.3, 0.4) is 0 Å². The van der Waals surface area contributed by atoms with Crippen molar-refractivity contribution in [1.29, 1.82) is 0 Å². The fraction of sp³-hybridized carbons (Fsp3) is 0.107. The van der Waals surface area contributed by atoms with Gasteiger partial charge in [-0.1, -0.05) is 91.0 Å². The number of anilines is 1. The van der Waals surface area contributed by atoms with E-state index in [2.05, 4.69) is 22.2 Å². The second-order valence-electron chi connectivity index (χ2n) is 8.03. The molecule has 0 aliphatic rings. The number of amides is 1. The maximum atomic E-state index is 13.3. The maximum absolute atomic E-state index is 13.3. The Bertz CT molecular complexity index is 1330. The van der Waals surface area contributed by atoms with E-state index in [1.807, 2.05) is 66.7 Å². The molecule has 1 atom stereocenters. The summed E-state index contributed by atoms with van der Waals surface area (Å²) >= 11 is 0. The van der Waals surface area contributed by atoms with E-state index in [9.17, 15) is 13.2 Å². The molecule has 0 radical (unpaired) electrons. The predicted octanol–water partition coefficient (Wildman–Crippen LogP) is 4.81. The molecule has 0 saturated carbocycles. The van der Waals surface area contributed by atoms with Gasteiger partial charge in [-0.15, -0.1) is 0 Å². The lowest BCUT2D eigenvalue weighted by Crippen LogP contribution is -2.45. The second-order valence-corrected chi connectivity index (χ2v) is 9.74. The number of sulfonamides is 1. The molecule has 0 bridgehead atoms. The standard InChI is InChI=1S/C28H26N2O3S/c31-28(29-25-16-10-15-24(20-25)19-22-11-4-1-5-12-22)27(21-23-13-6-2-7-14-23)30-34(32,33)26-17-8-3-9-18-26/h1-18,20,27,30H,19,21H2,(H,29,31)/t27-/m0/s1. The first-order valence-electron chi connectivity index (χ1n) is 11.0. The number of hydrogen-bond donors (Lipinski definition) is 2. The quantitative estimate of drug-likeness (QED) is 0.369. The fourth-order valence-corrected chi connectivity index (χ4v) is 4.93. The zero-order valence-electron chi connectivity index (χ0n) is 18.6. The third-order valence-electron chi connectivity index (χ3n) is 5.40. The topological polar surface area (TPSA) is 75.3 Å². The van der Waals surface area contributed by atoms with Gasteiger partial charge in [-0.2, -0.15) is 4.72 Å². The van der Waals surface area contributed by atoms with Crippen LogP contribution in [0, 0.1) is 0 Å². The lowest BCUT2D eigenvalue weighted by atomic mass is 10.0. The maximum Gasteiger partial charge on any atom is 0.242 e. The highest BCUT2D eigenvalue weighted by Gasteiger charge is 2.26. The molecule has 0 aliphatic heterocycles. The number of rotatable bonds is 9. The summed E-state index contributed by atoms with van der Waals surface area (Å²) < 4.78 is 28.5. The first-order chi connectivity index (χ1) is 16.5. The van der Waals surface area contributed by atoms with E-state index in [0.29, 0.717) is 5.69 Å². The molecule has 0 heterocycles. The minimum Gasteiger partial charge on any atom is -0.325 e. The third-order valence-corrected chi connectivity index (χ3v) is 6.88. The molecule has 0 aliphatic carbocycles. The molecule has 4 aromatic rings. The van der Waals surface area contributed by atoms with Crippen LogP contribution in [0.15, 0.2) is 120 Å². The van der Waals surface area contributed by atoms with Gasteiger partial charge in [0.15, 0.2) is 0 Å². The Morgan fingerprint density at radius 3 is 1.88 bits per heavy atom. The zero-order valence-corrected chi connectivity index (χ0v) is 19.4. The van der Waals surface area contributed by atoms with Gasteiger partial charge in [0.2, 0.25) is 15.9 Å². The van der Waals surface area contributed by atoms with E-state index in [1.54, 1.807) is 24.3 Å². The van der Waals surface area contributed by atoms with Crippen LogP contribution in [0.4, 0.5) is 5.69 Å². The summed E-state index contributed by atoms with van der Waals surface area (Å²) in [5.74, 6) is -0.416. The third kappa shape index (κ3) is 6.41. The Morgan fingerprint density at radius 1 is 0.676 bits per heavy atom. The number of nitrogens with one attached hydrogen (secondary N) is 2. The summed E-state index contributed by atoms with van der Waals surface area (Å²) in [7, 11) is -3.88. The van der Waals surface area contributed by atoms with E-state index < -0.39 is 22.0 Å². The van der Waals surface area contributed by atoms with Crippen LogP contribution in [0.5, 0.6) is 0 Å². The summed E-state index contributed by atoms with van der Waals surface area (Å²) in [5.41, 5.74) is 3.70. The van der Waals surface area contributed by atoms with Crippen molar-refractivity contribution < 1.29 is 13.2 Å². The highest BCUT2D eigenvalue weighted by Crippen LogP contribution is 2.17. The molecule has 0 saturated heterocycles. The lowest BCUT2D eigenvalue weighted by molar-refractivity contribution is -0.117. The van der Waals surface area contributed by atoms with Crippen molar-refractivity contribution in [2.45, 2.75) is 23.8 Å². The second kappa shape index (κ2) is 10.9. The van der Waals surface area contributed by atoms with Gasteiger partial charge in [0.25, 0.3) is 0 Å². The van der Waals surface area contributed by atoms with Crippen LogP contribution >= 0.6 is 0 Å². The first-order valence-corrected chi connectivity index (χ1v) is 12.5. The van der Waals surface area contributed by atoms with Crippen LogP contribution in [-0.4, -0.2) is 20.4 Å². The van der Waals surface area contributed by atoms with Gasteiger partial charge >= 0.3 is 0 Å². The van der Waals surface area contributed by atoms with Crippen molar-refractivity contribution in [3.63, 3.8) is 0 Å². The zero-order chi connectivity index (χ0) is 23.8. The largest absolute Gasteiger partial charge is 0.325 e. The summed E-state index contributed by atoms with van der Waals surface area (Å²) in [4.78, 5) is 13.4. The van der Waals surface area contributed by atoms with Gasteiger partial charge in [0, 0.05) is 5.69 Å². The molecule has 0 unspecified atom stereocenters. The van der Waals surface area contributed by atoms with Crippen molar-refractivity contribution in [2.75, 3.05) is 5.32 Å². The Hall–Kier alpha value is -3.74. The van der Waals surface area contributed by atoms with E-state index in [1.165, 1.54) is 17.7 Å². The lowest BCUT2D eigenvalue weighted by Gasteiger charge is -2.19. The molecule has 172 valence electrons. The Labute approximate surface area is 200 Å². The van der Waals surface area contributed by atoms with Gasteiger partial charge < -0.3 is 5.32 Å².